The number of piperidine rings is 1. The van der Waals surface area contributed by atoms with Crippen molar-refractivity contribution in [3.05, 3.63) is 22.4 Å². The van der Waals surface area contributed by atoms with Crippen LogP contribution in [0.25, 0.3) is 0 Å². The molecule has 1 aliphatic heterocycles. The molecule has 5 nitrogen and oxygen atoms in total. The van der Waals surface area contributed by atoms with E-state index in [0.717, 1.165) is 12.8 Å². The monoisotopic (exact) mass is 296 g/mol. The number of urea groups is 1. The van der Waals surface area contributed by atoms with E-state index in [1.165, 1.54) is 5.56 Å². The van der Waals surface area contributed by atoms with Crippen LogP contribution in [-0.4, -0.2) is 41.1 Å². The molecule has 1 saturated heterocycles. The molecule has 2 atom stereocenters. The minimum Gasteiger partial charge on any atom is -0.481 e. The molecule has 20 heavy (non-hydrogen) atoms. The fourth-order valence-corrected chi connectivity index (χ4v) is 3.16. The number of carbonyl (C=O) groups excluding carboxylic acids is 1. The van der Waals surface area contributed by atoms with Gasteiger partial charge in [0.2, 0.25) is 0 Å². The number of nitrogens with one attached hydrogen (secondary N) is 1. The highest BCUT2D eigenvalue weighted by Crippen LogP contribution is 2.17. The van der Waals surface area contributed by atoms with Crippen LogP contribution in [0.1, 0.15) is 25.3 Å². The predicted octanol–water partition coefficient (Wildman–Crippen LogP) is 2.19. The molecule has 0 aromatic carbocycles. The summed E-state index contributed by atoms with van der Waals surface area (Å²) in [7, 11) is 0. The quantitative estimate of drug-likeness (QED) is 0.894. The summed E-state index contributed by atoms with van der Waals surface area (Å²) in [5.41, 5.74) is 1.21. The lowest BCUT2D eigenvalue weighted by atomic mass is 9.99. The zero-order valence-corrected chi connectivity index (χ0v) is 12.4. The molecule has 1 aliphatic rings. The van der Waals surface area contributed by atoms with Crippen molar-refractivity contribution >= 4 is 23.3 Å². The van der Waals surface area contributed by atoms with Gasteiger partial charge in [-0.15, -0.1) is 0 Å². The minimum absolute atomic E-state index is 0.0438. The van der Waals surface area contributed by atoms with E-state index in [0.29, 0.717) is 19.5 Å². The Morgan fingerprint density at radius 3 is 3.05 bits per heavy atom. The summed E-state index contributed by atoms with van der Waals surface area (Å²) in [6.45, 7) is 2.92. The van der Waals surface area contributed by atoms with Crippen molar-refractivity contribution in [2.75, 3.05) is 13.1 Å². The number of thiophene rings is 1. The molecule has 0 spiro atoms. The Kier molecular flexibility index (Phi) is 5.00. The van der Waals surface area contributed by atoms with Crippen molar-refractivity contribution in [3.63, 3.8) is 0 Å². The zero-order chi connectivity index (χ0) is 14.5. The average molecular weight is 296 g/mol. The third kappa shape index (κ3) is 3.96. The number of carboxylic acids is 1. The van der Waals surface area contributed by atoms with Crippen LogP contribution < -0.4 is 5.32 Å². The van der Waals surface area contributed by atoms with Crippen LogP contribution in [-0.2, 0) is 11.2 Å². The Morgan fingerprint density at radius 1 is 1.60 bits per heavy atom. The number of rotatable bonds is 4. The van der Waals surface area contributed by atoms with Crippen LogP contribution in [0.4, 0.5) is 4.79 Å². The van der Waals surface area contributed by atoms with Gasteiger partial charge < -0.3 is 15.3 Å². The molecule has 1 aromatic heterocycles. The maximum Gasteiger partial charge on any atom is 0.317 e. The summed E-state index contributed by atoms with van der Waals surface area (Å²) in [6, 6.07) is 1.94. The smallest absolute Gasteiger partial charge is 0.317 e. The lowest BCUT2D eigenvalue weighted by Gasteiger charge is -2.31. The number of likely N-dealkylation sites (tertiary alicyclic amines) is 1. The van der Waals surface area contributed by atoms with Gasteiger partial charge in [0.1, 0.15) is 0 Å². The first-order valence-corrected chi connectivity index (χ1v) is 7.80. The number of hydrogen-bond acceptors (Lipinski definition) is 3. The van der Waals surface area contributed by atoms with E-state index in [1.54, 1.807) is 16.2 Å². The first-order valence-electron chi connectivity index (χ1n) is 6.85. The first-order chi connectivity index (χ1) is 9.56. The molecule has 110 valence electrons. The van der Waals surface area contributed by atoms with Crippen molar-refractivity contribution in [1.29, 1.82) is 0 Å². The molecule has 2 heterocycles. The van der Waals surface area contributed by atoms with Gasteiger partial charge in [-0.1, -0.05) is 0 Å². The summed E-state index contributed by atoms with van der Waals surface area (Å²) < 4.78 is 0. The summed E-state index contributed by atoms with van der Waals surface area (Å²) in [5, 5.41) is 16.1. The van der Waals surface area contributed by atoms with E-state index < -0.39 is 11.9 Å². The summed E-state index contributed by atoms with van der Waals surface area (Å²) in [6.07, 6.45) is 2.21. The van der Waals surface area contributed by atoms with Gasteiger partial charge in [0.25, 0.3) is 0 Å². The highest BCUT2D eigenvalue weighted by molar-refractivity contribution is 7.07. The van der Waals surface area contributed by atoms with Gasteiger partial charge in [-0.25, -0.2) is 4.79 Å². The van der Waals surface area contributed by atoms with Gasteiger partial charge in [-0.3, -0.25) is 4.79 Å². The third-order valence-electron chi connectivity index (χ3n) is 3.55. The normalized spacial score (nSPS) is 20.4. The van der Waals surface area contributed by atoms with Crippen LogP contribution in [0.5, 0.6) is 0 Å². The molecule has 0 radical (unpaired) electrons. The molecular formula is C14H20N2O3S. The Hall–Kier alpha value is -1.56. The second-order valence-corrected chi connectivity index (χ2v) is 6.09. The second-order valence-electron chi connectivity index (χ2n) is 5.31. The van der Waals surface area contributed by atoms with Crippen molar-refractivity contribution in [3.8, 4) is 0 Å². The molecule has 2 amide bonds. The van der Waals surface area contributed by atoms with E-state index in [9.17, 15) is 9.59 Å². The molecular weight excluding hydrogens is 276 g/mol. The highest BCUT2D eigenvalue weighted by Gasteiger charge is 2.28. The number of nitrogens with zero attached hydrogens (tertiary/aromatic N) is 1. The molecule has 1 fully saturated rings. The Bertz CT molecular complexity index is 461. The predicted molar refractivity (Wildman–Crippen MR) is 77.9 cm³/mol. The molecule has 0 saturated carbocycles. The van der Waals surface area contributed by atoms with Crippen LogP contribution in [0.2, 0.25) is 0 Å². The van der Waals surface area contributed by atoms with Gasteiger partial charge in [-0.05, 0) is 48.6 Å². The first kappa shape index (κ1) is 14.8. The summed E-state index contributed by atoms with van der Waals surface area (Å²) in [4.78, 5) is 24.7. The summed E-state index contributed by atoms with van der Waals surface area (Å²) in [5.74, 6) is -1.24. The van der Waals surface area contributed by atoms with Gasteiger partial charge in [-0.2, -0.15) is 11.3 Å². The number of hydrogen-bond donors (Lipinski definition) is 2. The lowest BCUT2D eigenvalue weighted by Crippen LogP contribution is -2.49. The van der Waals surface area contributed by atoms with Crippen molar-refractivity contribution in [2.24, 2.45) is 5.92 Å². The SMILES string of the molecule is CC(Cc1ccsc1)NC(=O)N1CCC[C@@H](C(=O)O)C1. The maximum absolute atomic E-state index is 12.1. The van der Waals surface area contributed by atoms with Crippen molar-refractivity contribution in [1.82, 2.24) is 10.2 Å². The standard InChI is InChI=1S/C14H20N2O3S/c1-10(7-11-4-6-20-9-11)15-14(19)16-5-2-3-12(8-16)13(17)18/h4,6,9-10,12H,2-3,5,7-8H2,1H3,(H,15,19)(H,17,18)/t10?,12-/m1/s1. The largest absolute Gasteiger partial charge is 0.481 e. The third-order valence-corrected chi connectivity index (χ3v) is 4.28. The number of aliphatic carboxylic acids is 1. The molecule has 2 N–H and O–H groups in total. The molecule has 0 aliphatic carbocycles. The molecule has 2 rings (SSSR count). The fourth-order valence-electron chi connectivity index (χ4n) is 2.48. The van der Waals surface area contributed by atoms with Crippen LogP contribution in [0.3, 0.4) is 0 Å². The number of carbonyl (C=O) groups is 2. The molecule has 1 aromatic rings. The molecule has 1 unspecified atom stereocenters. The maximum atomic E-state index is 12.1. The highest BCUT2D eigenvalue weighted by atomic mass is 32.1. The molecule has 0 bridgehead atoms. The van der Waals surface area contributed by atoms with Crippen molar-refractivity contribution in [2.45, 2.75) is 32.2 Å². The molecule has 6 heteroatoms. The number of amides is 2. The Morgan fingerprint density at radius 2 is 2.40 bits per heavy atom. The van der Waals surface area contributed by atoms with Crippen LogP contribution in [0.15, 0.2) is 16.8 Å². The van der Waals surface area contributed by atoms with Crippen molar-refractivity contribution < 1.29 is 14.7 Å². The van der Waals surface area contributed by atoms with Gasteiger partial charge in [0.15, 0.2) is 0 Å². The lowest BCUT2D eigenvalue weighted by molar-refractivity contribution is -0.143. The zero-order valence-electron chi connectivity index (χ0n) is 11.5. The topological polar surface area (TPSA) is 69.6 Å². The van der Waals surface area contributed by atoms with E-state index >= 15 is 0 Å². The fraction of sp³-hybridized carbons (Fsp3) is 0.571. The second kappa shape index (κ2) is 6.74. The van der Waals surface area contributed by atoms with Crippen LogP contribution in [0, 0.1) is 5.92 Å². The minimum atomic E-state index is -0.811. The summed E-state index contributed by atoms with van der Waals surface area (Å²) >= 11 is 1.64. The van der Waals surface area contributed by atoms with Crippen LogP contribution >= 0.6 is 11.3 Å². The van der Waals surface area contributed by atoms with Gasteiger partial charge in [0.05, 0.1) is 5.92 Å². The Labute approximate surface area is 122 Å². The van der Waals surface area contributed by atoms with Gasteiger partial charge >= 0.3 is 12.0 Å². The van der Waals surface area contributed by atoms with E-state index in [2.05, 4.69) is 16.8 Å². The Balaban J connectivity index is 1.83. The van der Waals surface area contributed by atoms with E-state index in [-0.39, 0.29) is 12.1 Å². The number of carboxylic acid groups (broad SMARTS) is 1. The van der Waals surface area contributed by atoms with Gasteiger partial charge in [0, 0.05) is 19.1 Å². The average Bonchev–Trinajstić information content (AvgIpc) is 2.91. The van der Waals surface area contributed by atoms with E-state index in [1.807, 2.05) is 12.3 Å². The van der Waals surface area contributed by atoms with E-state index in [4.69, 9.17) is 5.11 Å².